The van der Waals surface area contributed by atoms with Gasteiger partial charge >= 0.3 is 0 Å². The lowest BCUT2D eigenvalue weighted by atomic mass is 9.77. The Hall–Kier alpha value is -0.900. The van der Waals surface area contributed by atoms with E-state index in [0.717, 1.165) is 19.4 Å². The van der Waals surface area contributed by atoms with Gasteiger partial charge < -0.3 is 15.2 Å². The maximum absolute atomic E-state index is 9.35. The van der Waals surface area contributed by atoms with Crippen LogP contribution in [0.15, 0.2) is 24.3 Å². The summed E-state index contributed by atoms with van der Waals surface area (Å²) in [5, 5.41) is 12.8. The molecule has 1 aliphatic rings. The Balaban J connectivity index is 1.86. The molecule has 2 rings (SSSR count). The lowest BCUT2D eigenvalue weighted by molar-refractivity contribution is 0.0872. The molecule has 0 aromatic heterocycles. The summed E-state index contributed by atoms with van der Waals surface area (Å²) >= 11 is 0. The zero-order chi connectivity index (χ0) is 12.1. The third-order valence-electron chi connectivity index (χ3n) is 3.61. The van der Waals surface area contributed by atoms with E-state index in [9.17, 15) is 5.11 Å². The van der Waals surface area contributed by atoms with Crippen molar-refractivity contribution < 1.29 is 9.84 Å². The van der Waals surface area contributed by atoms with Gasteiger partial charge in [-0.15, -0.1) is 0 Å². The molecule has 0 unspecified atom stereocenters. The van der Waals surface area contributed by atoms with Gasteiger partial charge in [-0.1, -0.05) is 24.3 Å². The van der Waals surface area contributed by atoms with Crippen molar-refractivity contribution in [2.75, 3.05) is 13.7 Å². The van der Waals surface area contributed by atoms with Crippen LogP contribution >= 0.6 is 0 Å². The highest BCUT2D eigenvalue weighted by Crippen LogP contribution is 2.31. The normalized spacial score (nSPS) is 17.8. The van der Waals surface area contributed by atoms with Gasteiger partial charge in [0, 0.05) is 19.2 Å². The van der Waals surface area contributed by atoms with Gasteiger partial charge in [0.15, 0.2) is 0 Å². The second-order valence-corrected chi connectivity index (χ2v) is 4.90. The van der Waals surface area contributed by atoms with Crippen molar-refractivity contribution in [3.8, 4) is 0 Å². The highest BCUT2D eigenvalue weighted by Gasteiger charge is 2.35. The Kier molecular flexibility index (Phi) is 4.15. The fraction of sp³-hybridized carbons (Fsp3) is 0.571. The first-order chi connectivity index (χ1) is 8.28. The molecular formula is C14H21NO2. The summed E-state index contributed by atoms with van der Waals surface area (Å²) in [6, 6.07) is 8.41. The Morgan fingerprint density at radius 3 is 2.35 bits per heavy atom. The molecule has 0 aliphatic heterocycles. The van der Waals surface area contributed by atoms with Crippen LogP contribution in [0.2, 0.25) is 0 Å². The molecule has 0 saturated heterocycles. The minimum absolute atomic E-state index is 0.00873. The molecule has 0 heterocycles. The van der Waals surface area contributed by atoms with Crippen LogP contribution in [0.1, 0.15) is 30.4 Å². The molecule has 3 heteroatoms. The molecule has 3 nitrogen and oxygen atoms in total. The van der Waals surface area contributed by atoms with Gasteiger partial charge in [0.2, 0.25) is 0 Å². The van der Waals surface area contributed by atoms with Crippen molar-refractivity contribution in [3.05, 3.63) is 35.4 Å². The predicted octanol–water partition coefficient (Wildman–Crippen LogP) is 1.84. The third kappa shape index (κ3) is 3.06. The Labute approximate surface area is 103 Å². The van der Waals surface area contributed by atoms with Crippen LogP contribution in [0.5, 0.6) is 0 Å². The fourth-order valence-corrected chi connectivity index (χ4v) is 2.20. The molecule has 2 N–H and O–H groups in total. The maximum Gasteiger partial charge on any atom is 0.0713 e. The summed E-state index contributed by atoms with van der Waals surface area (Å²) in [4.78, 5) is 0. The summed E-state index contributed by atoms with van der Waals surface area (Å²) < 4.78 is 5.08. The van der Waals surface area contributed by atoms with E-state index in [4.69, 9.17) is 4.74 Å². The minimum atomic E-state index is -0.00873. The largest absolute Gasteiger partial charge is 0.394 e. The summed E-state index contributed by atoms with van der Waals surface area (Å²) in [7, 11) is 1.71. The average Bonchev–Trinajstić information content (AvgIpc) is 2.31. The molecule has 0 atom stereocenters. The summed E-state index contributed by atoms with van der Waals surface area (Å²) in [5.41, 5.74) is 2.44. The van der Waals surface area contributed by atoms with Crippen LogP contribution in [0.4, 0.5) is 0 Å². The monoisotopic (exact) mass is 235 g/mol. The number of aliphatic hydroxyl groups is 1. The predicted molar refractivity (Wildman–Crippen MR) is 67.7 cm³/mol. The first kappa shape index (κ1) is 12.6. The van der Waals surface area contributed by atoms with Crippen molar-refractivity contribution >= 4 is 0 Å². The SMILES string of the molecule is COCc1ccc(CNC2(CO)CCC2)cc1. The van der Waals surface area contributed by atoms with E-state index in [1.165, 1.54) is 17.5 Å². The van der Waals surface area contributed by atoms with Crippen molar-refractivity contribution in [3.63, 3.8) is 0 Å². The maximum atomic E-state index is 9.35. The summed E-state index contributed by atoms with van der Waals surface area (Å²) in [5.74, 6) is 0. The van der Waals surface area contributed by atoms with Gasteiger partial charge in [-0.25, -0.2) is 0 Å². The number of nitrogens with one attached hydrogen (secondary N) is 1. The molecule has 94 valence electrons. The van der Waals surface area contributed by atoms with Crippen molar-refractivity contribution in [2.24, 2.45) is 0 Å². The number of ether oxygens (including phenoxy) is 1. The second-order valence-electron chi connectivity index (χ2n) is 4.90. The number of methoxy groups -OCH3 is 1. The Morgan fingerprint density at radius 1 is 1.24 bits per heavy atom. The molecule has 0 spiro atoms. The second kappa shape index (κ2) is 5.63. The number of benzene rings is 1. The van der Waals surface area contributed by atoms with Crippen molar-refractivity contribution in [1.82, 2.24) is 5.32 Å². The Bertz CT molecular complexity index is 338. The fourth-order valence-electron chi connectivity index (χ4n) is 2.20. The lowest BCUT2D eigenvalue weighted by Crippen LogP contribution is -2.53. The van der Waals surface area contributed by atoms with E-state index < -0.39 is 0 Å². The van der Waals surface area contributed by atoms with Crippen LogP contribution in [0.3, 0.4) is 0 Å². The van der Waals surface area contributed by atoms with E-state index in [1.807, 2.05) is 0 Å². The zero-order valence-electron chi connectivity index (χ0n) is 10.4. The highest BCUT2D eigenvalue weighted by molar-refractivity contribution is 5.22. The molecule has 0 amide bonds. The molecule has 1 aromatic rings. The van der Waals surface area contributed by atoms with E-state index >= 15 is 0 Å². The van der Waals surface area contributed by atoms with Crippen LogP contribution in [-0.4, -0.2) is 24.4 Å². The first-order valence-electron chi connectivity index (χ1n) is 6.21. The molecule has 17 heavy (non-hydrogen) atoms. The van der Waals surface area contributed by atoms with E-state index in [1.54, 1.807) is 7.11 Å². The molecule has 1 fully saturated rings. The van der Waals surface area contributed by atoms with Gasteiger partial charge in [-0.05, 0) is 30.4 Å². The number of hydrogen-bond acceptors (Lipinski definition) is 3. The standard InChI is InChI=1S/C14H21NO2/c1-17-10-13-5-3-12(4-6-13)9-15-14(11-16)7-2-8-14/h3-6,15-16H,2,7-11H2,1H3. The quantitative estimate of drug-likeness (QED) is 0.790. The van der Waals surface area contributed by atoms with Crippen molar-refractivity contribution in [1.29, 1.82) is 0 Å². The minimum Gasteiger partial charge on any atom is -0.394 e. The van der Waals surface area contributed by atoms with Gasteiger partial charge in [0.1, 0.15) is 0 Å². The van der Waals surface area contributed by atoms with Crippen LogP contribution in [0, 0.1) is 0 Å². The number of hydrogen-bond donors (Lipinski definition) is 2. The molecular weight excluding hydrogens is 214 g/mol. The molecule has 0 radical (unpaired) electrons. The Morgan fingerprint density at radius 2 is 1.88 bits per heavy atom. The number of rotatable bonds is 6. The number of aliphatic hydroxyl groups excluding tert-OH is 1. The van der Waals surface area contributed by atoms with Gasteiger partial charge in [-0.3, -0.25) is 0 Å². The van der Waals surface area contributed by atoms with Crippen LogP contribution < -0.4 is 5.32 Å². The topological polar surface area (TPSA) is 41.5 Å². The molecule has 1 aromatic carbocycles. The third-order valence-corrected chi connectivity index (χ3v) is 3.61. The lowest BCUT2D eigenvalue weighted by Gasteiger charge is -2.41. The van der Waals surface area contributed by atoms with Gasteiger partial charge in [-0.2, -0.15) is 0 Å². The molecule has 1 saturated carbocycles. The molecule has 1 aliphatic carbocycles. The molecule has 0 bridgehead atoms. The van der Waals surface area contributed by atoms with Crippen LogP contribution in [-0.2, 0) is 17.9 Å². The zero-order valence-corrected chi connectivity index (χ0v) is 10.4. The van der Waals surface area contributed by atoms with Crippen molar-refractivity contribution in [2.45, 2.75) is 38.0 Å². The van der Waals surface area contributed by atoms with E-state index in [-0.39, 0.29) is 12.1 Å². The van der Waals surface area contributed by atoms with Gasteiger partial charge in [0.05, 0.1) is 13.2 Å². The van der Waals surface area contributed by atoms with E-state index in [0.29, 0.717) is 6.61 Å². The van der Waals surface area contributed by atoms with Crippen LogP contribution in [0.25, 0.3) is 0 Å². The van der Waals surface area contributed by atoms with Gasteiger partial charge in [0.25, 0.3) is 0 Å². The summed E-state index contributed by atoms with van der Waals surface area (Å²) in [6.07, 6.45) is 3.40. The highest BCUT2D eigenvalue weighted by atomic mass is 16.5. The summed E-state index contributed by atoms with van der Waals surface area (Å²) in [6.45, 7) is 1.73. The average molecular weight is 235 g/mol. The van der Waals surface area contributed by atoms with E-state index in [2.05, 4.69) is 29.6 Å². The smallest absolute Gasteiger partial charge is 0.0713 e. The first-order valence-corrected chi connectivity index (χ1v) is 6.21.